The lowest BCUT2D eigenvalue weighted by Crippen LogP contribution is -2.51. The highest BCUT2D eigenvalue weighted by Gasteiger charge is 2.46. The number of carbonyl (C=O) groups excluding carboxylic acids is 2. The number of halogens is 2. The number of cyclic esters (lactones) is 1. The van der Waals surface area contributed by atoms with Gasteiger partial charge in [-0.05, 0) is 72.5 Å². The number of carbonyl (C=O) groups is 2. The first kappa shape index (κ1) is 25.0. The molecule has 32 heavy (non-hydrogen) atoms. The number of hydrogen-bond donors (Lipinski definition) is 0. The molecule has 9 heteroatoms. The summed E-state index contributed by atoms with van der Waals surface area (Å²) in [6.07, 6.45) is 3.95. The summed E-state index contributed by atoms with van der Waals surface area (Å²) in [6, 6.07) is 4.75. The summed E-state index contributed by atoms with van der Waals surface area (Å²) in [6.45, 7) is 8.52. The minimum absolute atomic E-state index is 0.265. The van der Waals surface area contributed by atoms with Gasteiger partial charge in [-0.15, -0.1) is 0 Å². The highest BCUT2D eigenvalue weighted by Crippen LogP contribution is 2.28. The SMILES string of the molecule is CCOC(=O)C(Cc1cncn1Cc1cc(Cl)cc(I)c1)N1C(C)OC(=O)C1CC(C)C. The molecule has 0 amide bonds. The van der Waals surface area contributed by atoms with Crippen LogP contribution in [-0.2, 0) is 32.0 Å². The Kier molecular flexibility index (Phi) is 8.57. The highest BCUT2D eigenvalue weighted by molar-refractivity contribution is 14.1. The lowest BCUT2D eigenvalue weighted by Gasteiger charge is -2.32. The molecule has 1 fully saturated rings. The molecule has 0 saturated carbocycles. The Morgan fingerprint density at radius 1 is 1.34 bits per heavy atom. The molecule has 0 radical (unpaired) electrons. The van der Waals surface area contributed by atoms with Crippen LogP contribution in [0.15, 0.2) is 30.7 Å². The van der Waals surface area contributed by atoms with Gasteiger partial charge in [0, 0.05) is 33.4 Å². The van der Waals surface area contributed by atoms with Gasteiger partial charge in [-0.25, -0.2) is 9.88 Å². The van der Waals surface area contributed by atoms with E-state index in [1.165, 1.54) is 0 Å². The van der Waals surface area contributed by atoms with Crippen molar-refractivity contribution in [1.82, 2.24) is 14.5 Å². The number of ether oxygens (including phenoxy) is 2. The van der Waals surface area contributed by atoms with Crippen LogP contribution < -0.4 is 0 Å². The lowest BCUT2D eigenvalue weighted by molar-refractivity contribution is -0.153. The summed E-state index contributed by atoms with van der Waals surface area (Å²) >= 11 is 8.46. The number of rotatable bonds is 9. The Balaban J connectivity index is 1.89. The molecule has 0 N–H and O–H groups in total. The van der Waals surface area contributed by atoms with Crippen molar-refractivity contribution < 1.29 is 19.1 Å². The van der Waals surface area contributed by atoms with Crippen molar-refractivity contribution in [3.8, 4) is 0 Å². The topological polar surface area (TPSA) is 73.7 Å². The summed E-state index contributed by atoms with van der Waals surface area (Å²) in [5.74, 6) is -0.377. The zero-order valence-corrected chi connectivity index (χ0v) is 21.7. The first-order valence-electron chi connectivity index (χ1n) is 10.8. The number of imidazole rings is 1. The molecule has 0 aliphatic carbocycles. The van der Waals surface area contributed by atoms with Gasteiger partial charge in [-0.3, -0.25) is 9.59 Å². The molecule has 174 valence electrons. The third-order valence-electron chi connectivity index (χ3n) is 5.43. The van der Waals surface area contributed by atoms with Crippen LogP contribution >= 0.6 is 34.2 Å². The smallest absolute Gasteiger partial charge is 0.325 e. The second-order valence-corrected chi connectivity index (χ2v) is 10.1. The monoisotopic (exact) mass is 573 g/mol. The van der Waals surface area contributed by atoms with E-state index in [1.54, 1.807) is 26.4 Å². The number of hydrogen-bond acceptors (Lipinski definition) is 6. The molecule has 1 aromatic carbocycles. The Hall–Kier alpha value is -1.65. The Morgan fingerprint density at radius 3 is 2.75 bits per heavy atom. The Bertz CT molecular complexity index is 944. The molecule has 1 aromatic heterocycles. The van der Waals surface area contributed by atoms with Crippen molar-refractivity contribution in [1.29, 1.82) is 0 Å². The maximum atomic E-state index is 13.0. The van der Waals surface area contributed by atoms with Crippen LogP contribution in [-0.4, -0.2) is 51.3 Å². The summed E-state index contributed by atoms with van der Waals surface area (Å²) in [4.78, 5) is 31.7. The largest absolute Gasteiger partial charge is 0.465 e. The Labute approximate surface area is 207 Å². The van der Waals surface area contributed by atoms with Gasteiger partial charge in [0.15, 0.2) is 6.23 Å². The molecular weight excluding hydrogens is 545 g/mol. The minimum Gasteiger partial charge on any atom is -0.465 e. The first-order valence-corrected chi connectivity index (χ1v) is 12.2. The zero-order chi connectivity index (χ0) is 23.4. The van der Waals surface area contributed by atoms with Gasteiger partial charge >= 0.3 is 11.9 Å². The van der Waals surface area contributed by atoms with Crippen LogP contribution in [0.2, 0.25) is 5.02 Å². The van der Waals surface area contributed by atoms with Crippen LogP contribution in [0.1, 0.15) is 45.4 Å². The van der Waals surface area contributed by atoms with Crippen molar-refractivity contribution in [2.45, 2.75) is 65.4 Å². The van der Waals surface area contributed by atoms with E-state index in [4.69, 9.17) is 21.1 Å². The van der Waals surface area contributed by atoms with Gasteiger partial charge in [-0.1, -0.05) is 25.4 Å². The quantitative estimate of drug-likeness (QED) is 0.329. The molecule has 1 saturated heterocycles. The molecule has 2 aromatic rings. The highest BCUT2D eigenvalue weighted by atomic mass is 127. The van der Waals surface area contributed by atoms with Gasteiger partial charge < -0.3 is 14.0 Å². The molecular formula is C23H29ClIN3O4. The number of nitrogens with zero attached hydrogens (tertiary/aromatic N) is 3. The van der Waals surface area contributed by atoms with Crippen LogP contribution in [0.3, 0.4) is 0 Å². The zero-order valence-electron chi connectivity index (χ0n) is 18.8. The maximum absolute atomic E-state index is 13.0. The number of aromatic nitrogens is 2. The third-order valence-corrected chi connectivity index (χ3v) is 6.27. The summed E-state index contributed by atoms with van der Waals surface area (Å²) in [5.41, 5.74) is 1.91. The van der Waals surface area contributed by atoms with E-state index < -0.39 is 18.3 Å². The molecule has 0 spiro atoms. The van der Waals surface area contributed by atoms with Crippen molar-refractivity contribution in [2.24, 2.45) is 5.92 Å². The fraction of sp³-hybridized carbons (Fsp3) is 0.522. The average molecular weight is 574 g/mol. The summed E-state index contributed by atoms with van der Waals surface area (Å²) < 4.78 is 14.0. The van der Waals surface area contributed by atoms with Gasteiger partial charge in [-0.2, -0.15) is 0 Å². The van der Waals surface area contributed by atoms with E-state index in [9.17, 15) is 9.59 Å². The summed E-state index contributed by atoms with van der Waals surface area (Å²) in [5, 5.41) is 0.677. The van der Waals surface area contributed by atoms with E-state index in [0.29, 0.717) is 24.4 Å². The molecule has 1 aliphatic heterocycles. The lowest BCUT2D eigenvalue weighted by atomic mass is 10.00. The second kappa shape index (κ2) is 11.0. The van der Waals surface area contributed by atoms with E-state index in [0.717, 1.165) is 14.8 Å². The van der Waals surface area contributed by atoms with Crippen molar-refractivity contribution in [3.63, 3.8) is 0 Å². The van der Waals surface area contributed by atoms with E-state index >= 15 is 0 Å². The van der Waals surface area contributed by atoms with Crippen molar-refractivity contribution in [3.05, 3.63) is 50.6 Å². The number of benzene rings is 1. The molecule has 2 heterocycles. The van der Waals surface area contributed by atoms with Crippen LogP contribution in [0.25, 0.3) is 0 Å². The first-order chi connectivity index (χ1) is 15.2. The molecule has 3 unspecified atom stereocenters. The van der Waals surface area contributed by atoms with Gasteiger partial charge in [0.2, 0.25) is 0 Å². The minimum atomic E-state index is -0.657. The predicted molar refractivity (Wildman–Crippen MR) is 130 cm³/mol. The second-order valence-electron chi connectivity index (χ2n) is 8.39. The normalized spacial score (nSPS) is 19.9. The molecule has 7 nitrogen and oxygen atoms in total. The third kappa shape index (κ3) is 6.02. The van der Waals surface area contributed by atoms with Gasteiger partial charge in [0.25, 0.3) is 0 Å². The van der Waals surface area contributed by atoms with E-state index in [2.05, 4.69) is 47.5 Å². The molecule has 3 rings (SSSR count). The predicted octanol–water partition coefficient (Wildman–Crippen LogP) is 4.28. The average Bonchev–Trinajstić information content (AvgIpc) is 3.22. The number of esters is 2. The van der Waals surface area contributed by atoms with Crippen LogP contribution in [0.5, 0.6) is 0 Å². The van der Waals surface area contributed by atoms with Gasteiger partial charge in [0.05, 0.1) is 12.9 Å². The Morgan fingerprint density at radius 2 is 2.09 bits per heavy atom. The van der Waals surface area contributed by atoms with Crippen molar-refractivity contribution >= 4 is 46.1 Å². The molecule has 1 aliphatic rings. The van der Waals surface area contributed by atoms with Crippen molar-refractivity contribution in [2.75, 3.05) is 6.61 Å². The fourth-order valence-corrected chi connectivity index (χ4v) is 5.30. The van der Waals surface area contributed by atoms with E-state index in [-0.39, 0.29) is 24.5 Å². The molecule has 0 bridgehead atoms. The van der Waals surface area contributed by atoms with Crippen LogP contribution in [0, 0.1) is 9.49 Å². The fourth-order valence-electron chi connectivity index (χ4n) is 4.12. The summed E-state index contributed by atoms with van der Waals surface area (Å²) in [7, 11) is 0. The standard InChI is InChI=1S/C23H29ClIN3O4/c1-5-31-22(29)21(28-15(4)32-23(30)20(28)6-14(2)3)10-19-11-26-13-27(19)12-16-7-17(24)9-18(25)8-16/h7-9,11,13-15,20-21H,5-6,10,12H2,1-4H3. The molecule has 3 atom stereocenters. The van der Waals surface area contributed by atoms with Crippen LogP contribution in [0.4, 0.5) is 0 Å². The maximum Gasteiger partial charge on any atom is 0.325 e. The van der Waals surface area contributed by atoms with Gasteiger partial charge in [0.1, 0.15) is 12.1 Å². The van der Waals surface area contributed by atoms with E-state index in [1.807, 2.05) is 21.6 Å².